The third kappa shape index (κ3) is 6.38. The number of anilines is 1. The number of alkyl halides is 2. The Morgan fingerprint density at radius 1 is 1.04 bits per heavy atom. The molecule has 244 valence electrons. The summed E-state index contributed by atoms with van der Waals surface area (Å²) in [5.41, 5.74) is 2.13. The number of fused-ring (bicyclic) bond motifs is 1. The van der Waals surface area contributed by atoms with Crippen molar-refractivity contribution in [1.29, 1.82) is 0 Å². The van der Waals surface area contributed by atoms with E-state index < -0.39 is 28.2 Å². The molecule has 1 aromatic heterocycles. The van der Waals surface area contributed by atoms with E-state index in [1.165, 1.54) is 49.1 Å². The van der Waals surface area contributed by atoms with Gasteiger partial charge in [-0.2, -0.15) is 4.37 Å². The van der Waals surface area contributed by atoms with Gasteiger partial charge in [-0.3, -0.25) is 4.90 Å². The zero-order chi connectivity index (χ0) is 32.4. The molecule has 1 saturated heterocycles. The summed E-state index contributed by atoms with van der Waals surface area (Å²) in [6, 6.07) is 15.3. The lowest BCUT2D eigenvalue weighted by molar-refractivity contribution is -0.0134. The zero-order valence-corrected chi connectivity index (χ0v) is 26.8. The van der Waals surface area contributed by atoms with Gasteiger partial charge < -0.3 is 14.2 Å². The Kier molecular flexibility index (Phi) is 9.39. The second kappa shape index (κ2) is 13.5. The monoisotopic (exact) mass is 674 g/mol. The number of hydrogen-bond donors (Lipinski definition) is 0. The molecule has 6 rings (SSSR count). The normalized spacial score (nSPS) is 20.2. The highest BCUT2D eigenvalue weighted by molar-refractivity contribution is 7.93. The molecule has 46 heavy (non-hydrogen) atoms. The number of nitrogens with zero attached hydrogens (tertiary/aromatic N) is 4. The van der Waals surface area contributed by atoms with Crippen molar-refractivity contribution in [3.05, 3.63) is 89.5 Å². The lowest BCUT2D eigenvalue weighted by atomic mass is 9.84. The van der Waals surface area contributed by atoms with Crippen LogP contribution in [0.5, 0.6) is 17.2 Å². The van der Waals surface area contributed by atoms with Crippen molar-refractivity contribution in [1.82, 2.24) is 14.3 Å². The number of methoxy groups -OCH3 is 2. The lowest BCUT2D eigenvalue weighted by Crippen LogP contribution is -2.42. The molecule has 0 spiro atoms. The highest BCUT2D eigenvalue weighted by Crippen LogP contribution is 2.46. The molecule has 3 heterocycles. The summed E-state index contributed by atoms with van der Waals surface area (Å²) in [7, 11) is -1.14. The molecule has 2 aliphatic rings. The Labute approximate surface area is 269 Å². The average molecular weight is 675 g/mol. The second-order valence-electron chi connectivity index (χ2n) is 11.2. The number of rotatable bonds is 10. The van der Waals surface area contributed by atoms with Gasteiger partial charge in [0, 0.05) is 59.2 Å². The lowest BCUT2D eigenvalue weighted by Gasteiger charge is -2.45. The van der Waals surface area contributed by atoms with E-state index in [9.17, 15) is 21.6 Å². The number of piperidine rings is 1. The molecule has 3 aromatic carbocycles. The minimum Gasteiger partial charge on any atom is -0.497 e. The molecular formula is C32H33F3N4O5S2. The zero-order valence-electron chi connectivity index (χ0n) is 25.2. The predicted octanol–water partition coefficient (Wildman–Crippen LogP) is 6.63. The first-order chi connectivity index (χ1) is 22.2. The van der Waals surface area contributed by atoms with Crippen molar-refractivity contribution < 1.29 is 35.8 Å². The van der Waals surface area contributed by atoms with Crippen LogP contribution in [-0.2, 0) is 16.6 Å². The van der Waals surface area contributed by atoms with E-state index in [0.29, 0.717) is 48.8 Å². The van der Waals surface area contributed by atoms with Gasteiger partial charge >= 0.3 is 0 Å². The Morgan fingerprint density at radius 2 is 1.85 bits per heavy atom. The maximum atomic E-state index is 14.2. The van der Waals surface area contributed by atoms with Crippen LogP contribution in [0.3, 0.4) is 0 Å². The van der Waals surface area contributed by atoms with E-state index >= 15 is 0 Å². The summed E-state index contributed by atoms with van der Waals surface area (Å²) in [4.78, 5) is 6.36. The van der Waals surface area contributed by atoms with Gasteiger partial charge in [0.15, 0.2) is 0 Å². The first-order valence-electron chi connectivity index (χ1n) is 14.8. The van der Waals surface area contributed by atoms with Gasteiger partial charge in [-0.1, -0.05) is 18.2 Å². The first kappa shape index (κ1) is 32.1. The molecule has 0 saturated carbocycles. The van der Waals surface area contributed by atoms with Crippen molar-refractivity contribution >= 4 is 26.7 Å². The fraction of sp³-hybridized carbons (Fsp3) is 0.375. The Bertz CT molecular complexity index is 1760. The van der Waals surface area contributed by atoms with Crippen molar-refractivity contribution in [2.75, 3.05) is 31.7 Å². The number of hydrogen-bond acceptors (Lipinski definition) is 9. The molecule has 14 heteroatoms. The summed E-state index contributed by atoms with van der Waals surface area (Å²) < 4.78 is 91.9. The van der Waals surface area contributed by atoms with E-state index in [1.54, 1.807) is 36.4 Å². The van der Waals surface area contributed by atoms with Crippen LogP contribution in [0.2, 0.25) is 0 Å². The summed E-state index contributed by atoms with van der Waals surface area (Å²) in [6.45, 7) is 0.647. The van der Waals surface area contributed by atoms with Crippen molar-refractivity contribution in [3.63, 3.8) is 0 Å². The van der Waals surface area contributed by atoms with E-state index in [1.807, 2.05) is 0 Å². The molecule has 0 amide bonds. The third-order valence-electron chi connectivity index (χ3n) is 8.65. The number of benzene rings is 3. The Balaban J connectivity index is 1.33. The molecular weight excluding hydrogens is 642 g/mol. The van der Waals surface area contributed by atoms with Crippen LogP contribution in [0, 0.1) is 11.7 Å². The number of likely N-dealkylation sites (tertiary alicyclic amines) is 1. The first-order valence-corrected chi connectivity index (χ1v) is 17.0. The van der Waals surface area contributed by atoms with E-state index in [4.69, 9.17) is 14.2 Å². The maximum absolute atomic E-state index is 14.2. The van der Waals surface area contributed by atoms with Gasteiger partial charge in [0.05, 0.1) is 32.3 Å². The van der Waals surface area contributed by atoms with Gasteiger partial charge in [0.25, 0.3) is 10.0 Å². The van der Waals surface area contributed by atoms with Crippen LogP contribution in [0.25, 0.3) is 0 Å². The molecule has 4 aromatic rings. The summed E-state index contributed by atoms with van der Waals surface area (Å²) in [5, 5.41) is 0.179. The molecule has 1 fully saturated rings. The van der Waals surface area contributed by atoms with Crippen LogP contribution in [0.1, 0.15) is 48.0 Å². The molecule has 9 nitrogen and oxygen atoms in total. The fourth-order valence-electron chi connectivity index (χ4n) is 6.28. The topological polar surface area (TPSA) is 94.1 Å². The van der Waals surface area contributed by atoms with Crippen LogP contribution >= 0.6 is 11.5 Å². The van der Waals surface area contributed by atoms with Crippen molar-refractivity contribution in [3.8, 4) is 17.2 Å². The molecule has 0 bridgehead atoms. The van der Waals surface area contributed by atoms with Crippen LogP contribution in [0.15, 0.2) is 71.9 Å². The van der Waals surface area contributed by atoms with Gasteiger partial charge in [0.2, 0.25) is 11.6 Å². The average Bonchev–Trinajstić information content (AvgIpc) is 3.61. The van der Waals surface area contributed by atoms with E-state index in [2.05, 4.69) is 14.3 Å². The second-order valence-corrected chi connectivity index (χ2v) is 13.8. The minimum absolute atomic E-state index is 0.000992. The van der Waals surface area contributed by atoms with Gasteiger partial charge in [0.1, 0.15) is 29.4 Å². The van der Waals surface area contributed by atoms with E-state index in [-0.39, 0.29) is 35.1 Å². The number of ether oxygens (including phenoxy) is 3. The quantitative estimate of drug-likeness (QED) is 0.185. The van der Waals surface area contributed by atoms with Gasteiger partial charge in [-0.05, 0) is 55.3 Å². The number of sulfonamides is 1. The summed E-state index contributed by atoms with van der Waals surface area (Å²) in [6.07, 6.45) is -0.0181. The van der Waals surface area contributed by atoms with Gasteiger partial charge in [-0.25, -0.2) is 30.9 Å². The van der Waals surface area contributed by atoms with Gasteiger partial charge in [-0.15, -0.1) is 0 Å². The molecule has 0 unspecified atom stereocenters. The molecule has 2 aliphatic heterocycles. The molecule has 3 atom stereocenters. The van der Waals surface area contributed by atoms with Crippen LogP contribution < -0.4 is 18.5 Å². The Morgan fingerprint density at radius 3 is 2.54 bits per heavy atom. The van der Waals surface area contributed by atoms with E-state index in [0.717, 1.165) is 22.7 Å². The Hall–Kier alpha value is -3.88. The largest absolute Gasteiger partial charge is 0.497 e. The SMILES string of the molecule is COc1ccc(CN(c2ncns2)S(=O)(=O)c2ccc3c(c2)OCC[C@@H]3N2CC[C@@H](C(F)F)C[C@H]2c2ccc(F)cc2)c(OC)c1. The van der Waals surface area contributed by atoms with Crippen LogP contribution in [-0.4, -0.2) is 56.5 Å². The summed E-state index contributed by atoms with van der Waals surface area (Å²) in [5.74, 6) is 0.258. The highest BCUT2D eigenvalue weighted by Gasteiger charge is 2.40. The van der Waals surface area contributed by atoms with Crippen LogP contribution in [0.4, 0.5) is 18.3 Å². The molecule has 0 aliphatic carbocycles. The molecule has 0 radical (unpaired) electrons. The summed E-state index contributed by atoms with van der Waals surface area (Å²) >= 11 is 0.947. The fourth-order valence-corrected chi connectivity index (χ4v) is 8.42. The highest BCUT2D eigenvalue weighted by atomic mass is 32.2. The predicted molar refractivity (Wildman–Crippen MR) is 167 cm³/mol. The van der Waals surface area contributed by atoms with Crippen molar-refractivity contribution in [2.24, 2.45) is 5.92 Å². The third-order valence-corrected chi connectivity index (χ3v) is 11.2. The minimum atomic E-state index is -4.17. The van der Waals surface area contributed by atoms with Crippen molar-refractivity contribution in [2.45, 2.75) is 49.2 Å². The standard InChI is InChI=1S/C32H33F3N4O5S2/c1-42-24-8-5-22(29(16-24)43-2)18-39(32-36-19-37-45-32)46(40,41)25-9-10-26-27(12-14-44-30(26)17-25)38-13-11-21(31(34)35)15-28(38)20-3-6-23(33)7-4-20/h3-10,16-17,19,21,27-28,31H,11-15,18H2,1-2H3/t21-,27+,28+/m1/s1. The number of halogens is 3. The smallest absolute Gasteiger partial charge is 0.266 e. The molecule has 0 N–H and O–H groups in total. The number of aromatic nitrogens is 2. The maximum Gasteiger partial charge on any atom is 0.266 e.